The van der Waals surface area contributed by atoms with Gasteiger partial charge in [0, 0.05) is 30.8 Å². The molecule has 0 atom stereocenters. The number of rotatable bonds is 6. The molecule has 0 aliphatic carbocycles. The van der Waals surface area contributed by atoms with E-state index in [-0.39, 0.29) is 31.2 Å². The van der Waals surface area contributed by atoms with E-state index in [2.05, 4.69) is 10.3 Å². The molecule has 3 aromatic rings. The Hall–Kier alpha value is -3.75. The monoisotopic (exact) mass is 397 g/mol. The summed E-state index contributed by atoms with van der Waals surface area (Å²) in [6, 6.07) is 8.40. The zero-order valence-electron chi connectivity index (χ0n) is 15.9. The van der Waals surface area contributed by atoms with E-state index in [1.165, 1.54) is 25.1 Å². The predicted molar refractivity (Wildman–Crippen MR) is 105 cm³/mol. The maximum Gasteiger partial charge on any atom is 0.261 e. The van der Waals surface area contributed by atoms with Crippen LogP contribution in [0.3, 0.4) is 0 Å². The molecule has 0 saturated carbocycles. The minimum atomic E-state index is -0.258. The van der Waals surface area contributed by atoms with Crippen LogP contribution in [0.4, 0.5) is 5.69 Å². The largest absolute Gasteiger partial charge is 0.493 e. The van der Waals surface area contributed by atoms with E-state index in [0.717, 1.165) is 0 Å². The molecule has 2 aromatic carbocycles. The number of aromatic nitrogens is 2. The van der Waals surface area contributed by atoms with Crippen LogP contribution in [0, 0.1) is 0 Å². The van der Waals surface area contributed by atoms with Gasteiger partial charge in [-0.3, -0.25) is 14.2 Å². The number of benzene rings is 2. The summed E-state index contributed by atoms with van der Waals surface area (Å²) >= 11 is 0. The van der Waals surface area contributed by atoms with Crippen LogP contribution in [0.2, 0.25) is 0 Å². The van der Waals surface area contributed by atoms with Gasteiger partial charge in [0.25, 0.3) is 5.56 Å². The molecule has 0 fully saturated rings. The Morgan fingerprint density at radius 2 is 1.90 bits per heavy atom. The number of nitrogens with one attached hydrogen (secondary N) is 1. The Morgan fingerprint density at radius 3 is 2.69 bits per heavy atom. The summed E-state index contributed by atoms with van der Waals surface area (Å²) in [5.74, 6) is 1.93. The predicted octanol–water partition coefficient (Wildman–Crippen LogP) is 2.17. The Morgan fingerprint density at radius 1 is 1.14 bits per heavy atom. The SMILES string of the molecule is COc1cc2ncn(CCC(=O)Nc3ccc4c(c3)OCO4)c(=O)c2cc1OC. The third kappa shape index (κ3) is 3.66. The van der Waals surface area contributed by atoms with E-state index < -0.39 is 0 Å². The number of hydrogen-bond donors (Lipinski definition) is 1. The first-order chi connectivity index (χ1) is 14.1. The van der Waals surface area contributed by atoms with E-state index >= 15 is 0 Å². The van der Waals surface area contributed by atoms with E-state index in [1.54, 1.807) is 30.3 Å². The summed E-state index contributed by atoms with van der Waals surface area (Å²) < 4.78 is 22.4. The van der Waals surface area contributed by atoms with Crippen molar-refractivity contribution in [3.8, 4) is 23.0 Å². The highest BCUT2D eigenvalue weighted by atomic mass is 16.7. The molecule has 1 aliphatic heterocycles. The van der Waals surface area contributed by atoms with Gasteiger partial charge >= 0.3 is 0 Å². The Kier molecular flexibility index (Phi) is 4.94. The summed E-state index contributed by atoms with van der Waals surface area (Å²) in [4.78, 5) is 29.3. The maximum absolute atomic E-state index is 12.8. The second kappa shape index (κ2) is 7.70. The molecule has 2 heterocycles. The van der Waals surface area contributed by atoms with Crippen LogP contribution in [-0.4, -0.2) is 36.5 Å². The first-order valence-electron chi connectivity index (χ1n) is 8.89. The van der Waals surface area contributed by atoms with Crippen molar-refractivity contribution in [2.45, 2.75) is 13.0 Å². The molecule has 0 spiro atoms. The minimum absolute atomic E-state index is 0.106. The Balaban J connectivity index is 1.48. The molecule has 0 saturated heterocycles. The van der Waals surface area contributed by atoms with Crippen LogP contribution in [0.15, 0.2) is 41.5 Å². The quantitative estimate of drug-likeness (QED) is 0.680. The summed E-state index contributed by atoms with van der Waals surface area (Å²) in [5, 5.41) is 3.18. The molecule has 150 valence electrons. The normalized spacial score (nSPS) is 12.1. The number of carbonyl (C=O) groups excluding carboxylic acids is 1. The van der Waals surface area contributed by atoms with E-state index in [4.69, 9.17) is 18.9 Å². The molecule has 0 unspecified atom stereocenters. The van der Waals surface area contributed by atoms with Crippen molar-refractivity contribution < 1.29 is 23.7 Å². The summed E-state index contributed by atoms with van der Waals surface area (Å²) in [6.07, 6.45) is 1.53. The molecular formula is C20H19N3O6. The number of nitrogens with zero attached hydrogens (tertiary/aromatic N) is 2. The standard InChI is InChI=1S/C20H19N3O6/c1-26-16-8-13-14(9-17(16)27-2)21-10-23(20(13)25)6-5-19(24)22-12-3-4-15-18(7-12)29-11-28-15/h3-4,7-10H,5-6,11H2,1-2H3,(H,22,24). The number of fused-ring (bicyclic) bond motifs is 2. The van der Waals surface area contributed by atoms with Gasteiger partial charge in [-0.15, -0.1) is 0 Å². The molecule has 29 heavy (non-hydrogen) atoms. The van der Waals surface area contributed by atoms with Crippen LogP contribution in [-0.2, 0) is 11.3 Å². The molecular weight excluding hydrogens is 378 g/mol. The average Bonchev–Trinajstić information content (AvgIpc) is 3.20. The molecule has 1 amide bonds. The first kappa shape index (κ1) is 18.6. The van der Waals surface area contributed by atoms with Gasteiger partial charge in [0.05, 0.1) is 31.4 Å². The topological polar surface area (TPSA) is 101 Å². The second-order valence-corrected chi connectivity index (χ2v) is 6.33. The number of ether oxygens (including phenoxy) is 4. The van der Waals surface area contributed by atoms with Crippen molar-refractivity contribution in [2.24, 2.45) is 0 Å². The van der Waals surface area contributed by atoms with Crippen molar-refractivity contribution in [3.05, 3.63) is 47.0 Å². The number of hydrogen-bond acceptors (Lipinski definition) is 7. The van der Waals surface area contributed by atoms with Gasteiger partial charge < -0.3 is 24.3 Å². The maximum atomic E-state index is 12.8. The number of anilines is 1. The summed E-state index contributed by atoms with van der Waals surface area (Å²) in [7, 11) is 3.02. The van der Waals surface area contributed by atoms with E-state index in [9.17, 15) is 9.59 Å². The lowest BCUT2D eigenvalue weighted by molar-refractivity contribution is -0.116. The van der Waals surface area contributed by atoms with Crippen molar-refractivity contribution in [1.29, 1.82) is 0 Å². The zero-order chi connectivity index (χ0) is 20.4. The van der Waals surface area contributed by atoms with Crippen molar-refractivity contribution in [3.63, 3.8) is 0 Å². The Bertz CT molecular complexity index is 1140. The molecule has 9 heteroatoms. The third-order valence-corrected chi connectivity index (χ3v) is 4.57. The van der Waals surface area contributed by atoms with Crippen LogP contribution < -0.4 is 29.8 Å². The number of amides is 1. The van der Waals surface area contributed by atoms with Gasteiger partial charge in [-0.2, -0.15) is 0 Å². The molecule has 4 rings (SSSR count). The lowest BCUT2D eigenvalue weighted by atomic mass is 10.2. The zero-order valence-corrected chi connectivity index (χ0v) is 15.9. The summed E-state index contributed by atoms with van der Waals surface area (Å²) in [6.45, 7) is 0.355. The first-order valence-corrected chi connectivity index (χ1v) is 8.89. The van der Waals surface area contributed by atoms with Gasteiger partial charge in [-0.1, -0.05) is 0 Å². The molecule has 1 aromatic heterocycles. The van der Waals surface area contributed by atoms with Crippen LogP contribution in [0.25, 0.3) is 10.9 Å². The van der Waals surface area contributed by atoms with Gasteiger partial charge in [0.2, 0.25) is 12.7 Å². The smallest absolute Gasteiger partial charge is 0.261 e. The highest BCUT2D eigenvalue weighted by molar-refractivity contribution is 5.91. The third-order valence-electron chi connectivity index (χ3n) is 4.57. The van der Waals surface area contributed by atoms with Crippen LogP contribution in [0.5, 0.6) is 23.0 Å². The Labute approximate surface area is 165 Å². The molecule has 0 radical (unpaired) electrons. The van der Waals surface area contributed by atoms with Crippen LogP contribution >= 0.6 is 0 Å². The fourth-order valence-corrected chi connectivity index (χ4v) is 3.06. The molecule has 0 bridgehead atoms. The van der Waals surface area contributed by atoms with Gasteiger partial charge in [0.15, 0.2) is 23.0 Å². The fourth-order valence-electron chi connectivity index (χ4n) is 3.06. The van der Waals surface area contributed by atoms with Gasteiger partial charge in [0.1, 0.15) is 0 Å². The van der Waals surface area contributed by atoms with Crippen molar-refractivity contribution >= 4 is 22.5 Å². The molecule has 9 nitrogen and oxygen atoms in total. The number of methoxy groups -OCH3 is 2. The van der Waals surface area contributed by atoms with Crippen LogP contribution in [0.1, 0.15) is 6.42 Å². The average molecular weight is 397 g/mol. The number of aryl methyl sites for hydroxylation is 1. The fraction of sp³-hybridized carbons (Fsp3) is 0.250. The second-order valence-electron chi connectivity index (χ2n) is 6.33. The van der Waals surface area contributed by atoms with Crippen molar-refractivity contribution in [2.75, 3.05) is 26.3 Å². The van der Waals surface area contributed by atoms with Crippen molar-refractivity contribution in [1.82, 2.24) is 9.55 Å². The van der Waals surface area contributed by atoms with E-state index in [1.807, 2.05) is 0 Å². The van der Waals surface area contributed by atoms with E-state index in [0.29, 0.717) is 39.6 Å². The summed E-state index contributed by atoms with van der Waals surface area (Å²) in [5.41, 5.74) is 0.834. The lowest BCUT2D eigenvalue weighted by Crippen LogP contribution is -2.23. The highest BCUT2D eigenvalue weighted by Gasteiger charge is 2.15. The number of carbonyl (C=O) groups is 1. The highest BCUT2D eigenvalue weighted by Crippen LogP contribution is 2.34. The molecule has 1 aliphatic rings. The molecule has 1 N–H and O–H groups in total. The van der Waals surface area contributed by atoms with Gasteiger partial charge in [-0.05, 0) is 18.2 Å². The lowest BCUT2D eigenvalue weighted by Gasteiger charge is -2.11. The van der Waals surface area contributed by atoms with Gasteiger partial charge in [-0.25, -0.2) is 4.98 Å². The minimum Gasteiger partial charge on any atom is -0.493 e.